The Kier molecular flexibility index (Phi) is 4.64. The van der Waals surface area contributed by atoms with Crippen molar-refractivity contribution < 1.29 is 9.18 Å². The number of nitrogens with one attached hydrogen (secondary N) is 1. The SMILES string of the molecule is O=C(Cc1c(F)cccc1Cl)Nc1nc(-c2ccncc2)cs1. The minimum absolute atomic E-state index is 0.143. The minimum atomic E-state index is -0.496. The number of aromatic nitrogens is 2. The summed E-state index contributed by atoms with van der Waals surface area (Å²) in [6.07, 6.45) is 3.20. The van der Waals surface area contributed by atoms with Crippen LogP contribution in [0.5, 0.6) is 0 Å². The average Bonchev–Trinajstić information content (AvgIpc) is 3.00. The van der Waals surface area contributed by atoms with Crippen molar-refractivity contribution in [2.45, 2.75) is 6.42 Å². The lowest BCUT2D eigenvalue weighted by atomic mass is 10.1. The highest BCUT2D eigenvalue weighted by Crippen LogP contribution is 2.25. The van der Waals surface area contributed by atoms with Crippen molar-refractivity contribution in [2.24, 2.45) is 0 Å². The lowest BCUT2D eigenvalue weighted by Crippen LogP contribution is -2.15. The van der Waals surface area contributed by atoms with Crippen LogP contribution in [0.3, 0.4) is 0 Å². The molecule has 0 bridgehead atoms. The standard InChI is InChI=1S/C16H11ClFN3OS/c17-12-2-1-3-13(18)11(12)8-15(22)21-16-20-14(9-23-16)10-4-6-19-7-5-10/h1-7,9H,8H2,(H,20,21,22). The summed E-state index contributed by atoms with van der Waals surface area (Å²) in [4.78, 5) is 20.3. The maximum atomic E-state index is 13.7. The van der Waals surface area contributed by atoms with Crippen LogP contribution in [0.2, 0.25) is 5.02 Å². The molecule has 0 aliphatic carbocycles. The number of anilines is 1. The number of amides is 1. The summed E-state index contributed by atoms with van der Waals surface area (Å²) in [6, 6.07) is 8.00. The van der Waals surface area contributed by atoms with Gasteiger partial charge in [0, 0.05) is 33.9 Å². The van der Waals surface area contributed by atoms with Gasteiger partial charge in [-0.2, -0.15) is 0 Å². The topological polar surface area (TPSA) is 54.9 Å². The molecule has 23 heavy (non-hydrogen) atoms. The van der Waals surface area contributed by atoms with Crippen LogP contribution in [-0.4, -0.2) is 15.9 Å². The second-order valence-corrected chi connectivity index (χ2v) is 5.96. The van der Waals surface area contributed by atoms with E-state index in [4.69, 9.17) is 11.6 Å². The maximum Gasteiger partial charge on any atom is 0.230 e. The third kappa shape index (κ3) is 3.72. The van der Waals surface area contributed by atoms with Crippen LogP contribution >= 0.6 is 22.9 Å². The number of hydrogen-bond acceptors (Lipinski definition) is 4. The fraction of sp³-hybridized carbons (Fsp3) is 0.0625. The molecule has 2 aromatic heterocycles. The van der Waals surface area contributed by atoms with E-state index in [1.54, 1.807) is 18.5 Å². The van der Waals surface area contributed by atoms with E-state index >= 15 is 0 Å². The van der Waals surface area contributed by atoms with Crippen molar-refractivity contribution >= 4 is 34.0 Å². The lowest BCUT2D eigenvalue weighted by Gasteiger charge is -2.05. The molecule has 0 saturated heterocycles. The first kappa shape index (κ1) is 15.6. The molecule has 2 heterocycles. The molecule has 4 nitrogen and oxygen atoms in total. The maximum absolute atomic E-state index is 13.7. The molecule has 1 aromatic carbocycles. The number of nitrogens with zero attached hydrogens (tertiary/aromatic N) is 2. The highest BCUT2D eigenvalue weighted by Gasteiger charge is 2.13. The number of carbonyl (C=O) groups excluding carboxylic acids is 1. The second kappa shape index (κ2) is 6.85. The number of hydrogen-bond donors (Lipinski definition) is 1. The van der Waals surface area contributed by atoms with Gasteiger partial charge in [0.1, 0.15) is 5.82 Å². The molecule has 0 atom stereocenters. The summed E-state index contributed by atoms with van der Waals surface area (Å²) in [5.41, 5.74) is 1.84. The highest BCUT2D eigenvalue weighted by atomic mass is 35.5. The molecule has 1 N–H and O–H groups in total. The summed E-state index contributed by atoms with van der Waals surface area (Å²) in [5, 5.41) is 5.18. The predicted molar refractivity (Wildman–Crippen MR) is 89.1 cm³/mol. The zero-order valence-electron chi connectivity index (χ0n) is 11.8. The third-order valence-electron chi connectivity index (χ3n) is 3.13. The molecule has 7 heteroatoms. The zero-order valence-corrected chi connectivity index (χ0v) is 13.4. The monoisotopic (exact) mass is 347 g/mol. The fourth-order valence-corrected chi connectivity index (χ4v) is 2.98. The smallest absolute Gasteiger partial charge is 0.230 e. The molecule has 3 aromatic rings. The van der Waals surface area contributed by atoms with Gasteiger partial charge < -0.3 is 5.32 Å². The van der Waals surface area contributed by atoms with E-state index in [1.165, 1.54) is 23.5 Å². The molecule has 0 aliphatic heterocycles. The van der Waals surface area contributed by atoms with E-state index in [0.29, 0.717) is 5.13 Å². The second-order valence-electron chi connectivity index (χ2n) is 4.70. The first-order valence-electron chi connectivity index (χ1n) is 6.72. The van der Waals surface area contributed by atoms with Gasteiger partial charge in [0.2, 0.25) is 5.91 Å². The molecule has 116 valence electrons. The van der Waals surface area contributed by atoms with Gasteiger partial charge in [-0.3, -0.25) is 9.78 Å². The Morgan fingerprint density at radius 2 is 2.04 bits per heavy atom. The van der Waals surface area contributed by atoms with Crippen LogP contribution < -0.4 is 5.32 Å². The van der Waals surface area contributed by atoms with Crippen molar-refractivity contribution in [1.29, 1.82) is 0 Å². The van der Waals surface area contributed by atoms with Crippen LogP contribution in [-0.2, 0) is 11.2 Å². The molecular formula is C16H11ClFN3OS. The van der Waals surface area contributed by atoms with Gasteiger partial charge in [0.25, 0.3) is 0 Å². The van der Waals surface area contributed by atoms with Gasteiger partial charge in [0.15, 0.2) is 5.13 Å². The van der Waals surface area contributed by atoms with Crippen molar-refractivity contribution in [3.05, 3.63) is 64.5 Å². The summed E-state index contributed by atoms with van der Waals surface area (Å²) in [6.45, 7) is 0. The number of thiazole rings is 1. The van der Waals surface area contributed by atoms with Gasteiger partial charge in [0.05, 0.1) is 12.1 Å². The molecule has 0 fully saturated rings. The number of rotatable bonds is 4. The van der Waals surface area contributed by atoms with Crippen LogP contribution in [0.1, 0.15) is 5.56 Å². The Hall–Kier alpha value is -2.31. The van der Waals surface area contributed by atoms with Gasteiger partial charge in [-0.1, -0.05) is 17.7 Å². The number of halogens is 2. The number of carbonyl (C=O) groups is 1. The molecule has 0 unspecified atom stereocenters. The van der Waals surface area contributed by atoms with Gasteiger partial charge in [-0.05, 0) is 24.3 Å². The molecular weight excluding hydrogens is 337 g/mol. The fourth-order valence-electron chi connectivity index (χ4n) is 2.01. The van der Waals surface area contributed by atoms with E-state index in [0.717, 1.165) is 11.3 Å². The Morgan fingerprint density at radius 1 is 1.26 bits per heavy atom. The number of benzene rings is 1. The zero-order chi connectivity index (χ0) is 16.2. The van der Waals surface area contributed by atoms with E-state index < -0.39 is 5.82 Å². The van der Waals surface area contributed by atoms with Crippen molar-refractivity contribution in [1.82, 2.24) is 9.97 Å². The Bertz CT molecular complexity index is 818. The summed E-state index contributed by atoms with van der Waals surface area (Å²) >= 11 is 7.22. The molecule has 1 amide bonds. The Labute approximate surface area is 141 Å². The van der Waals surface area contributed by atoms with Gasteiger partial charge in [-0.15, -0.1) is 11.3 Å². The van der Waals surface area contributed by atoms with E-state index in [9.17, 15) is 9.18 Å². The first-order valence-corrected chi connectivity index (χ1v) is 7.98. The first-order chi connectivity index (χ1) is 11.1. The highest BCUT2D eigenvalue weighted by molar-refractivity contribution is 7.14. The van der Waals surface area contributed by atoms with Crippen LogP contribution in [0.15, 0.2) is 48.1 Å². The van der Waals surface area contributed by atoms with Crippen LogP contribution in [0.25, 0.3) is 11.3 Å². The van der Waals surface area contributed by atoms with Gasteiger partial charge >= 0.3 is 0 Å². The third-order valence-corrected chi connectivity index (χ3v) is 4.24. The summed E-state index contributed by atoms with van der Waals surface area (Å²) in [7, 11) is 0. The van der Waals surface area contributed by atoms with Crippen molar-refractivity contribution in [3.63, 3.8) is 0 Å². The quantitative estimate of drug-likeness (QED) is 0.770. The van der Waals surface area contributed by atoms with E-state index in [-0.39, 0.29) is 22.9 Å². The molecule has 3 rings (SSSR count). The summed E-state index contributed by atoms with van der Waals surface area (Å²) < 4.78 is 13.7. The number of pyridine rings is 1. The predicted octanol–water partition coefficient (Wildman–Crippen LogP) is 4.18. The Balaban J connectivity index is 1.70. The van der Waals surface area contributed by atoms with Crippen molar-refractivity contribution in [2.75, 3.05) is 5.32 Å². The van der Waals surface area contributed by atoms with Gasteiger partial charge in [-0.25, -0.2) is 9.37 Å². The van der Waals surface area contributed by atoms with Crippen molar-refractivity contribution in [3.8, 4) is 11.3 Å². The van der Waals surface area contributed by atoms with Crippen LogP contribution in [0, 0.1) is 5.82 Å². The molecule has 0 saturated carbocycles. The molecule has 0 radical (unpaired) electrons. The lowest BCUT2D eigenvalue weighted by molar-refractivity contribution is -0.115. The molecule has 0 aliphatic rings. The summed E-state index contributed by atoms with van der Waals surface area (Å²) in [5.74, 6) is -0.864. The Morgan fingerprint density at radius 3 is 2.78 bits per heavy atom. The normalized spacial score (nSPS) is 10.5. The van der Waals surface area contributed by atoms with E-state index in [1.807, 2.05) is 17.5 Å². The largest absolute Gasteiger partial charge is 0.302 e. The van der Waals surface area contributed by atoms with Crippen LogP contribution in [0.4, 0.5) is 9.52 Å². The minimum Gasteiger partial charge on any atom is -0.302 e. The average molecular weight is 348 g/mol. The molecule has 0 spiro atoms. The van der Waals surface area contributed by atoms with E-state index in [2.05, 4.69) is 15.3 Å².